The lowest BCUT2D eigenvalue weighted by molar-refractivity contribution is 0.121. The van der Waals surface area contributed by atoms with Crippen LogP contribution in [0, 0.1) is 0 Å². The molecule has 5 rings (SSSR count). The van der Waals surface area contributed by atoms with Crippen molar-refractivity contribution in [2.24, 2.45) is 0 Å². The van der Waals surface area contributed by atoms with Crippen LogP contribution in [0.3, 0.4) is 0 Å². The molecule has 2 fully saturated rings. The lowest BCUT2D eigenvalue weighted by Gasteiger charge is -2.27. The number of thiazole rings is 1. The zero-order valence-electron chi connectivity index (χ0n) is 13.8. The highest BCUT2D eigenvalue weighted by Crippen LogP contribution is 2.41. The van der Waals surface area contributed by atoms with Crippen LogP contribution in [0.2, 0.25) is 0 Å². The molecular formula is C17H19N5OS2. The number of ether oxygens (including phenoxy) is 1. The first kappa shape index (κ1) is 15.6. The summed E-state index contributed by atoms with van der Waals surface area (Å²) in [5.74, 6) is 1.85. The Labute approximate surface area is 154 Å². The molecule has 130 valence electrons. The van der Waals surface area contributed by atoms with Crippen LogP contribution in [-0.4, -0.2) is 46.1 Å². The number of hydrogen-bond acceptors (Lipinski definition) is 7. The van der Waals surface area contributed by atoms with Gasteiger partial charge in [-0.05, 0) is 25.0 Å². The third-order valence-corrected chi connectivity index (χ3v) is 6.69. The third-order valence-electron chi connectivity index (χ3n) is 4.52. The van der Waals surface area contributed by atoms with Crippen molar-refractivity contribution in [3.05, 3.63) is 29.3 Å². The van der Waals surface area contributed by atoms with Crippen molar-refractivity contribution in [2.75, 3.05) is 31.2 Å². The average molecular weight is 374 g/mol. The zero-order chi connectivity index (χ0) is 16.6. The van der Waals surface area contributed by atoms with E-state index in [2.05, 4.69) is 37.9 Å². The van der Waals surface area contributed by atoms with E-state index in [0.717, 1.165) is 53.7 Å². The molecule has 1 aliphatic carbocycles. The van der Waals surface area contributed by atoms with Gasteiger partial charge in [0.05, 0.1) is 29.2 Å². The largest absolute Gasteiger partial charge is 0.378 e. The van der Waals surface area contributed by atoms with Gasteiger partial charge < -0.3 is 9.64 Å². The predicted octanol–water partition coefficient (Wildman–Crippen LogP) is 3.35. The molecule has 0 bridgehead atoms. The Balaban J connectivity index is 1.37. The first-order chi connectivity index (χ1) is 12.4. The number of benzene rings is 1. The fourth-order valence-corrected chi connectivity index (χ4v) is 5.07. The molecule has 0 N–H and O–H groups in total. The molecule has 0 spiro atoms. The number of para-hydroxylation sites is 1. The van der Waals surface area contributed by atoms with Gasteiger partial charge in [-0.15, -0.1) is 21.5 Å². The van der Waals surface area contributed by atoms with E-state index >= 15 is 0 Å². The van der Waals surface area contributed by atoms with Gasteiger partial charge in [-0.2, -0.15) is 0 Å². The first-order valence-electron chi connectivity index (χ1n) is 8.63. The maximum atomic E-state index is 5.47. The van der Waals surface area contributed by atoms with Gasteiger partial charge in [0.25, 0.3) is 0 Å². The molecule has 3 heterocycles. The molecule has 2 aromatic heterocycles. The van der Waals surface area contributed by atoms with Crippen LogP contribution in [0.15, 0.2) is 29.4 Å². The minimum Gasteiger partial charge on any atom is -0.378 e. The van der Waals surface area contributed by atoms with E-state index in [0.29, 0.717) is 6.04 Å². The summed E-state index contributed by atoms with van der Waals surface area (Å²) >= 11 is 3.51. The number of nitrogens with zero attached hydrogens (tertiary/aromatic N) is 5. The van der Waals surface area contributed by atoms with E-state index in [-0.39, 0.29) is 0 Å². The van der Waals surface area contributed by atoms with Gasteiger partial charge in [-0.1, -0.05) is 23.9 Å². The van der Waals surface area contributed by atoms with Crippen LogP contribution >= 0.6 is 23.1 Å². The third kappa shape index (κ3) is 3.14. The maximum absolute atomic E-state index is 5.47. The number of aromatic nitrogens is 4. The van der Waals surface area contributed by atoms with Crippen LogP contribution in [0.25, 0.3) is 10.2 Å². The van der Waals surface area contributed by atoms with E-state index in [1.165, 1.54) is 17.5 Å². The molecule has 0 atom stereocenters. The number of thioether (sulfide) groups is 1. The summed E-state index contributed by atoms with van der Waals surface area (Å²) in [6.07, 6.45) is 2.45. The van der Waals surface area contributed by atoms with Crippen molar-refractivity contribution in [3.63, 3.8) is 0 Å². The van der Waals surface area contributed by atoms with E-state index in [4.69, 9.17) is 9.72 Å². The molecule has 0 unspecified atom stereocenters. The van der Waals surface area contributed by atoms with Crippen LogP contribution < -0.4 is 4.90 Å². The SMILES string of the molecule is c1ccc2sc(CSc3nnc(N4CCOCC4)n3C3CC3)nc2c1. The Morgan fingerprint density at radius 3 is 2.80 bits per heavy atom. The normalized spacial score (nSPS) is 18.2. The minimum atomic E-state index is 0.561. The van der Waals surface area contributed by atoms with Crippen molar-refractivity contribution in [1.29, 1.82) is 0 Å². The second-order valence-corrected chi connectivity index (χ2v) is 8.40. The minimum absolute atomic E-state index is 0.561. The summed E-state index contributed by atoms with van der Waals surface area (Å²) in [7, 11) is 0. The van der Waals surface area contributed by atoms with Gasteiger partial charge in [0.15, 0.2) is 5.16 Å². The average Bonchev–Trinajstić information content (AvgIpc) is 3.27. The Morgan fingerprint density at radius 1 is 1.16 bits per heavy atom. The molecule has 1 saturated carbocycles. The molecule has 0 radical (unpaired) electrons. The number of anilines is 1. The summed E-state index contributed by atoms with van der Waals surface area (Å²) < 4.78 is 9.05. The lowest BCUT2D eigenvalue weighted by atomic mass is 10.3. The fourth-order valence-electron chi connectivity index (χ4n) is 3.11. The number of morpholine rings is 1. The van der Waals surface area contributed by atoms with E-state index < -0.39 is 0 Å². The summed E-state index contributed by atoms with van der Waals surface area (Å²) in [5, 5.41) is 11.2. The molecule has 1 aliphatic heterocycles. The Bertz CT molecular complexity index is 849. The molecule has 1 saturated heterocycles. The van der Waals surface area contributed by atoms with Crippen molar-refractivity contribution in [3.8, 4) is 0 Å². The van der Waals surface area contributed by atoms with Gasteiger partial charge in [0.2, 0.25) is 5.95 Å². The van der Waals surface area contributed by atoms with Gasteiger partial charge in [-0.25, -0.2) is 4.98 Å². The van der Waals surface area contributed by atoms with Crippen molar-refractivity contribution in [2.45, 2.75) is 29.8 Å². The quantitative estimate of drug-likeness (QED) is 0.639. The predicted molar refractivity (Wildman–Crippen MR) is 101 cm³/mol. The Kier molecular flexibility index (Phi) is 4.11. The number of fused-ring (bicyclic) bond motifs is 1. The Hall–Kier alpha value is -1.64. The van der Waals surface area contributed by atoms with Gasteiger partial charge in [0, 0.05) is 19.1 Å². The molecule has 3 aromatic rings. The van der Waals surface area contributed by atoms with Gasteiger partial charge >= 0.3 is 0 Å². The van der Waals surface area contributed by atoms with Crippen molar-refractivity contribution < 1.29 is 4.74 Å². The van der Waals surface area contributed by atoms with E-state index in [1.54, 1.807) is 23.1 Å². The zero-order valence-corrected chi connectivity index (χ0v) is 15.4. The second kappa shape index (κ2) is 6.59. The summed E-state index contributed by atoms with van der Waals surface area (Å²) in [6, 6.07) is 8.87. The number of hydrogen-bond donors (Lipinski definition) is 0. The van der Waals surface area contributed by atoms with E-state index in [1.807, 2.05) is 6.07 Å². The lowest BCUT2D eigenvalue weighted by Crippen LogP contribution is -2.38. The smallest absolute Gasteiger partial charge is 0.228 e. The Morgan fingerprint density at radius 2 is 2.00 bits per heavy atom. The molecule has 1 aromatic carbocycles. The molecule has 6 nitrogen and oxygen atoms in total. The van der Waals surface area contributed by atoms with Crippen LogP contribution in [-0.2, 0) is 10.5 Å². The van der Waals surface area contributed by atoms with E-state index in [9.17, 15) is 0 Å². The molecule has 0 amide bonds. The molecule has 25 heavy (non-hydrogen) atoms. The van der Waals surface area contributed by atoms with Crippen LogP contribution in [0.1, 0.15) is 23.9 Å². The highest BCUT2D eigenvalue weighted by molar-refractivity contribution is 7.98. The van der Waals surface area contributed by atoms with Crippen LogP contribution in [0.4, 0.5) is 5.95 Å². The maximum Gasteiger partial charge on any atom is 0.228 e. The fraction of sp³-hybridized carbons (Fsp3) is 0.471. The van der Waals surface area contributed by atoms with Crippen molar-refractivity contribution >= 4 is 39.3 Å². The van der Waals surface area contributed by atoms with Crippen LogP contribution in [0.5, 0.6) is 0 Å². The molecular weight excluding hydrogens is 354 g/mol. The number of rotatable bonds is 5. The summed E-state index contributed by atoms with van der Waals surface area (Å²) in [5.41, 5.74) is 1.08. The summed E-state index contributed by atoms with van der Waals surface area (Å²) in [4.78, 5) is 7.03. The van der Waals surface area contributed by atoms with Gasteiger partial charge in [0.1, 0.15) is 5.01 Å². The second-order valence-electron chi connectivity index (χ2n) is 6.35. The van der Waals surface area contributed by atoms with Gasteiger partial charge in [-0.3, -0.25) is 4.57 Å². The monoisotopic (exact) mass is 373 g/mol. The summed E-state index contributed by atoms with van der Waals surface area (Å²) in [6.45, 7) is 3.33. The molecule has 2 aliphatic rings. The highest BCUT2D eigenvalue weighted by atomic mass is 32.2. The highest BCUT2D eigenvalue weighted by Gasteiger charge is 2.32. The standard InChI is InChI=1S/C17H19N5OS2/c1-2-4-14-13(3-1)18-15(25-14)11-24-17-20-19-16(22(17)12-5-6-12)21-7-9-23-10-8-21/h1-4,12H,5-11H2. The molecule has 8 heteroatoms. The topological polar surface area (TPSA) is 56.1 Å². The first-order valence-corrected chi connectivity index (χ1v) is 10.4. The van der Waals surface area contributed by atoms with Crippen molar-refractivity contribution in [1.82, 2.24) is 19.7 Å².